The zero-order chi connectivity index (χ0) is 18.2. The number of alkyl halides is 3. The predicted molar refractivity (Wildman–Crippen MR) is 81.7 cm³/mol. The number of rotatable bonds is 3. The molecule has 9 heteroatoms. The highest BCUT2D eigenvalue weighted by atomic mass is 19.4. The summed E-state index contributed by atoms with van der Waals surface area (Å²) in [4.78, 5) is 17.5. The molecule has 6 nitrogen and oxygen atoms in total. The first-order valence-corrected chi connectivity index (χ1v) is 7.71. The van der Waals surface area contributed by atoms with Gasteiger partial charge < -0.3 is 10.0 Å². The van der Waals surface area contributed by atoms with Crippen molar-refractivity contribution in [3.05, 3.63) is 47.5 Å². The molecule has 1 saturated heterocycles. The van der Waals surface area contributed by atoms with Crippen molar-refractivity contribution in [2.45, 2.75) is 12.1 Å². The molecule has 0 radical (unpaired) electrons. The number of halogens is 3. The molecule has 1 amide bonds. The number of carbonyl (C=O) groups is 1. The second-order valence-corrected chi connectivity index (χ2v) is 6.13. The van der Waals surface area contributed by atoms with Crippen LogP contribution in [0.5, 0.6) is 0 Å². The van der Waals surface area contributed by atoms with Crippen molar-refractivity contribution in [1.29, 1.82) is 0 Å². The van der Waals surface area contributed by atoms with Crippen LogP contribution in [-0.2, 0) is 13.2 Å². The predicted octanol–water partition coefficient (Wildman–Crippen LogP) is 1.68. The van der Waals surface area contributed by atoms with Crippen LogP contribution in [-0.4, -0.2) is 50.4 Å². The molecule has 3 rings (SSSR count). The number of aryl methyl sites for hydroxylation is 1. The lowest BCUT2D eigenvalue weighted by Gasteiger charge is -2.19. The third kappa shape index (κ3) is 3.37. The van der Waals surface area contributed by atoms with Crippen molar-refractivity contribution >= 4 is 5.91 Å². The van der Waals surface area contributed by atoms with Gasteiger partial charge in [0.25, 0.3) is 5.91 Å². The highest BCUT2D eigenvalue weighted by Crippen LogP contribution is 2.35. The van der Waals surface area contributed by atoms with Gasteiger partial charge in [-0.1, -0.05) is 0 Å². The summed E-state index contributed by atoms with van der Waals surface area (Å²) in [6.45, 7) is 0.260. The molecule has 25 heavy (non-hydrogen) atoms. The molecule has 1 fully saturated rings. The Kier molecular flexibility index (Phi) is 4.51. The Morgan fingerprint density at radius 2 is 2.12 bits per heavy atom. The fraction of sp³-hybridized carbons (Fsp3) is 0.438. The first kappa shape index (κ1) is 17.4. The van der Waals surface area contributed by atoms with E-state index in [1.54, 1.807) is 24.1 Å². The molecule has 0 aromatic carbocycles. The highest BCUT2D eigenvalue weighted by Gasteiger charge is 2.40. The van der Waals surface area contributed by atoms with E-state index >= 15 is 0 Å². The van der Waals surface area contributed by atoms with E-state index in [1.807, 2.05) is 0 Å². The summed E-state index contributed by atoms with van der Waals surface area (Å²) in [5.74, 6) is -1.12. The first-order chi connectivity index (χ1) is 11.8. The lowest BCUT2D eigenvalue weighted by molar-refractivity contribution is -0.138. The monoisotopic (exact) mass is 354 g/mol. The van der Waals surface area contributed by atoms with Crippen LogP contribution in [0.4, 0.5) is 13.2 Å². The Morgan fingerprint density at radius 3 is 2.72 bits per heavy atom. The largest absolute Gasteiger partial charge is 0.418 e. The summed E-state index contributed by atoms with van der Waals surface area (Å²) in [7, 11) is 1.75. The lowest BCUT2D eigenvalue weighted by atomic mass is 9.92. The molecular formula is C16H17F3N4O2. The Bertz CT molecular complexity index is 775. The maximum absolute atomic E-state index is 13.1. The van der Waals surface area contributed by atoms with E-state index in [4.69, 9.17) is 0 Å². The minimum Gasteiger partial charge on any atom is -0.396 e. The minimum atomic E-state index is -4.65. The number of amides is 1. The van der Waals surface area contributed by atoms with Crippen molar-refractivity contribution in [2.75, 3.05) is 19.7 Å². The number of aromatic nitrogens is 3. The summed E-state index contributed by atoms with van der Waals surface area (Å²) < 4.78 is 41.0. The van der Waals surface area contributed by atoms with Gasteiger partial charge in [-0.05, 0) is 11.6 Å². The normalized spacial score (nSPS) is 20.9. The molecule has 0 aliphatic carbocycles. The molecule has 1 N–H and O–H groups in total. The van der Waals surface area contributed by atoms with Crippen LogP contribution in [0.1, 0.15) is 27.4 Å². The number of hydrogen-bond acceptors (Lipinski definition) is 4. The van der Waals surface area contributed by atoms with Crippen LogP contribution in [0.25, 0.3) is 0 Å². The van der Waals surface area contributed by atoms with Gasteiger partial charge in [0, 0.05) is 57.2 Å². The van der Waals surface area contributed by atoms with Gasteiger partial charge in [0.05, 0.1) is 17.3 Å². The quantitative estimate of drug-likeness (QED) is 0.910. The van der Waals surface area contributed by atoms with Crippen LogP contribution in [0.2, 0.25) is 0 Å². The third-order valence-electron chi connectivity index (χ3n) is 4.47. The van der Waals surface area contributed by atoms with Crippen LogP contribution in [0.3, 0.4) is 0 Å². The lowest BCUT2D eigenvalue weighted by Crippen LogP contribution is -2.31. The highest BCUT2D eigenvalue weighted by molar-refractivity contribution is 5.96. The maximum atomic E-state index is 13.1. The van der Waals surface area contributed by atoms with Gasteiger partial charge >= 0.3 is 6.18 Å². The molecule has 0 bridgehead atoms. The molecular weight excluding hydrogens is 337 g/mol. The molecule has 0 saturated carbocycles. The van der Waals surface area contributed by atoms with E-state index in [-0.39, 0.29) is 31.5 Å². The Balaban J connectivity index is 1.87. The van der Waals surface area contributed by atoms with Gasteiger partial charge in [-0.15, -0.1) is 0 Å². The Labute approximate surface area is 141 Å². The van der Waals surface area contributed by atoms with Crippen molar-refractivity contribution in [2.24, 2.45) is 13.0 Å². The van der Waals surface area contributed by atoms with Gasteiger partial charge in [-0.25, -0.2) is 0 Å². The van der Waals surface area contributed by atoms with E-state index < -0.39 is 23.2 Å². The summed E-state index contributed by atoms with van der Waals surface area (Å²) in [6, 6.07) is 1.08. The molecule has 1 aliphatic rings. The summed E-state index contributed by atoms with van der Waals surface area (Å²) in [6.07, 6.45) is 0.605. The molecule has 1 aliphatic heterocycles. The van der Waals surface area contributed by atoms with E-state index in [0.717, 1.165) is 11.6 Å². The molecule has 2 aromatic rings. The van der Waals surface area contributed by atoms with Crippen molar-refractivity contribution in [3.63, 3.8) is 0 Å². The number of carbonyl (C=O) groups excluding carboxylic acids is 1. The topological polar surface area (TPSA) is 71.2 Å². The van der Waals surface area contributed by atoms with Crippen molar-refractivity contribution in [1.82, 2.24) is 19.7 Å². The second kappa shape index (κ2) is 6.47. The molecule has 0 spiro atoms. The zero-order valence-electron chi connectivity index (χ0n) is 13.4. The summed E-state index contributed by atoms with van der Waals surface area (Å²) in [5.41, 5.74) is -0.626. The molecule has 2 atom stereocenters. The van der Waals surface area contributed by atoms with E-state index in [9.17, 15) is 23.1 Å². The Morgan fingerprint density at radius 1 is 1.36 bits per heavy atom. The average molecular weight is 354 g/mol. The van der Waals surface area contributed by atoms with Gasteiger partial charge in [0.15, 0.2) is 0 Å². The molecule has 2 aromatic heterocycles. The minimum absolute atomic E-state index is 0.161. The number of nitrogens with zero attached hydrogens (tertiary/aromatic N) is 4. The van der Waals surface area contributed by atoms with Crippen LogP contribution >= 0.6 is 0 Å². The number of hydrogen-bond donors (Lipinski definition) is 1. The molecule has 3 heterocycles. The summed E-state index contributed by atoms with van der Waals surface area (Å²) >= 11 is 0. The van der Waals surface area contributed by atoms with Gasteiger partial charge in [0.2, 0.25) is 0 Å². The van der Waals surface area contributed by atoms with Crippen molar-refractivity contribution in [3.8, 4) is 0 Å². The van der Waals surface area contributed by atoms with Crippen LogP contribution in [0.15, 0.2) is 30.9 Å². The Hall–Kier alpha value is -2.42. The third-order valence-corrected chi connectivity index (χ3v) is 4.47. The molecule has 134 valence electrons. The number of likely N-dealkylation sites (tertiary alicyclic amines) is 1. The van der Waals surface area contributed by atoms with Crippen molar-refractivity contribution < 1.29 is 23.1 Å². The van der Waals surface area contributed by atoms with Gasteiger partial charge in [-0.3, -0.25) is 14.5 Å². The van der Waals surface area contributed by atoms with Crippen LogP contribution < -0.4 is 0 Å². The SMILES string of the molecule is Cn1cc([C@@H]2CN(C(=O)c3ccncc3C(F)(F)F)C[C@H]2CO)cn1. The molecule has 0 unspecified atom stereocenters. The first-order valence-electron chi connectivity index (χ1n) is 7.71. The smallest absolute Gasteiger partial charge is 0.396 e. The zero-order valence-corrected chi connectivity index (χ0v) is 13.4. The number of pyridine rings is 1. The second-order valence-electron chi connectivity index (χ2n) is 6.13. The average Bonchev–Trinajstić information content (AvgIpc) is 3.19. The number of aliphatic hydroxyl groups excluding tert-OH is 1. The van der Waals surface area contributed by atoms with Crippen LogP contribution in [0, 0.1) is 5.92 Å². The standard InChI is InChI=1S/C16H17F3N4O2/c1-22-6-10(4-21-22)13-8-23(7-11(13)9-24)15(25)12-2-3-20-5-14(12)16(17,18)19/h2-6,11,13,24H,7-9H2,1H3/t11-,13-/m0/s1. The van der Waals surface area contributed by atoms with Gasteiger partial charge in [0.1, 0.15) is 0 Å². The number of aliphatic hydroxyl groups is 1. The van der Waals surface area contributed by atoms with E-state index in [0.29, 0.717) is 6.20 Å². The summed E-state index contributed by atoms with van der Waals surface area (Å²) in [5, 5.41) is 13.7. The maximum Gasteiger partial charge on any atom is 0.418 e. The fourth-order valence-electron chi connectivity index (χ4n) is 3.21. The fourth-order valence-corrected chi connectivity index (χ4v) is 3.21. The van der Waals surface area contributed by atoms with Gasteiger partial charge in [-0.2, -0.15) is 18.3 Å². The van der Waals surface area contributed by atoms with E-state index in [2.05, 4.69) is 10.1 Å². The van der Waals surface area contributed by atoms with E-state index in [1.165, 1.54) is 11.1 Å².